The van der Waals surface area contributed by atoms with Crippen LogP contribution in [0, 0.1) is 5.92 Å². The van der Waals surface area contributed by atoms with E-state index in [1.54, 1.807) is 11.1 Å². The summed E-state index contributed by atoms with van der Waals surface area (Å²) in [6, 6.07) is -0.0640. The van der Waals surface area contributed by atoms with Crippen LogP contribution in [0.2, 0.25) is 0 Å². The molecule has 1 saturated carbocycles. The van der Waals surface area contributed by atoms with Crippen molar-refractivity contribution in [1.82, 2.24) is 20.1 Å². The van der Waals surface area contributed by atoms with Gasteiger partial charge in [0.15, 0.2) is 0 Å². The fourth-order valence-corrected chi connectivity index (χ4v) is 3.09. The van der Waals surface area contributed by atoms with Crippen LogP contribution in [0.4, 0.5) is 4.79 Å². The number of hydrogen-bond acceptors (Lipinski definition) is 4. The maximum atomic E-state index is 12.2. The molecule has 7 heteroatoms. The maximum Gasteiger partial charge on any atom is 0.317 e. The molecule has 0 atom stereocenters. The quantitative estimate of drug-likeness (QED) is 0.915. The summed E-state index contributed by atoms with van der Waals surface area (Å²) in [6.07, 6.45) is 4.66. The lowest BCUT2D eigenvalue weighted by Gasteiger charge is -2.22. The number of urea groups is 1. The van der Waals surface area contributed by atoms with Gasteiger partial charge in [-0.25, -0.2) is 9.78 Å². The molecule has 2 aliphatic rings. The second-order valence-corrected chi connectivity index (χ2v) is 6.50. The van der Waals surface area contributed by atoms with Crippen LogP contribution in [0.5, 0.6) is 0 Å². The number of carbonyl (C=O) groups is 2. The first-order valence-corrected chi connectivity index (χ1v) is 8.32. The highest BCUT2D eigenvalue weighted by molar-refractivity contribution is 7.09. The second kappa shape index (κ2) is 6.43. The Kier molecular flexibility index (Phi) is 4.38. The van der Waals surface area contributed by atoms with E-state index >= 15 is 0 Å². The molecular weight excluding hydrogens is 288 g/mol. The number of rotatable bonds is 3. The lowest BCUT2D eigenvalue weighted by atomic mass is 10.3. The van der Waals surface area contributed by atoms with Gasteiger partial charge in [-0.2, -0.15) is 0 Å². The topological polar surface area (TPSA) is 65.5 Å². The SMILES string of the molecule is O=C(NCc1nccs1)N1CCCN(C(=O)C2CC2)CC1. The van der Waals surface area contributed by atoms with Crippen molar-refractivity contribution in [2.75, 3.05) is 26.2 Å². The molecule has 0 radical (unpaired) electrons. The largest absolute Gasteiger partial charge is 0.341 e. The van der Waals surface area contributed by atoms with E-state index in [4.69, 9.17) is 0 Å². The van der Waals surface area contributed by atoms with Gasteiger partial charge in [-0.3, -0.25) is 4.79 Å². The van der Waals surface area contributed by atoms with E-state index in [2.05, 4.69) is 10.3 Å². The van der Waals surface area contributed by atoms with Crippen molar-refractivity contribution >= 4 is 23.3 Å². The third kappa shape index (κ3) is 3.72. The Morgan fingerprint density at radius 2 is 2.00 bits per heavy atom. The molecule has 2 heterocycles. The lowest BCUT2D eigenvalue weighted by molar-refractivity contribution is -0.132. The Morgan fingerprint density at radius 1 is 1.24 bits per heavy atom. The number of amides is 3. The second-order valence-electron chi connectivity index (χ2n) is 5.52. The third-order valence-electron chi connectivity index (χ3n) is 3.90. The van der Waals surface area contributed by atoms with Crippen molar-refractivity contribution in [3.8, 4) is 0 Å². The van der Waals surface area contributed by atoms with Gasteiger partial charge in [0, 0.05) is 43.7 Å². The predicted molar refractivity (Wildman–Crippen MR) is 79.8 cm³/mol. The fraction of sp³-hybridized carbons (Fsp3) is 0.643. The molecule has 0 spiro atoms. The molecule has 3 amide bonds. The molecule has 114 valence electrons. The van der Waals surface area contributed by atoms with Crippen molar-refractivity contribution in [3.05, 3.63) is 16.6 Å². The molecule has 2 fully saturated rings. The molecule has 1 aliphatic carbocycles. The highest BCUT2D eigenvalue weighted by Crippen LogP contribution is 2.31. The highest BCUT2D eigenvalue weighted by Gasteiger charge is 2.34. The summed E-state index contributed by atoms with van der Waals surface area (Å²) in [5.41, 5.74) is 0. The van der Waals surface area contributed by atoms with E-state index in [1.165, 1.54) is 11.3 Å². The van der Waals surface area contributed by atoms with E-state index in [1.807, 2.05) is 10.3 Å². The molecule has 21 heavy (non-hydrogen) atoms. The van der Waals surface area contributed by atoms with Crippen molar-refractivity contribution in [1.29, 1.82) is 0 Å². The van der Waals surface area contributed by atoms with Crippen LogP contribution in [0.15, 0.2) is 11.6 Å². The predicted octanol–water partition coefficient (Wildman–Crippen LogP) is 1.30. The summed E-state index contributed by atoms with van der Waals surface area (Å²) in [5, 5.41) is 5.70. The van der Waals surface area contributed by atoms with Crippen LogP contribution in [-0.2, 0) is 11.3 Å². The zero-order valence-corrected chi connectivity index (χ0v) is 12.8. The molecule has 0 unspecified atom stereocenters. The maximum absolute atomic E-state index is 12.2. The molecule has 3 rings (SSSR count). The minimum absolute atomic E-state index is 0.0640. The summed E-state index contributed by atoms with van der Waals surface area (Å²) < 4.78 is 0. The van der Waals surface area contributed by atoms with Crippen molar-refractivity contribution in [2.24, 2.45) is 5.92 Å². The molecular formula is C14H20N4O2S. The first-order chi connectivity index (χ1) is 10.2. The molecule has 0 bridgehead atoms. The number of hydrogen-bond donors (Lipinski definition) is 1. The van der Waals surface area contributed by atoms with Gasteiger partial charge >= 0.3 is 6.03 Å². The lowest BCUT2D eigenvalue weighted by Crippen LogP contribution is -2.42. The van der Waals surface area contributed by atoms with Gasteiger partial charge in [0.1, 0.15) is 5.01 Å². The Bertz CT molecular complexity index is 501. The minimum atomic E-state index is -0.0640. The van der Waals surface area contributed by atoms with Gasteiger partial charge in [-0.15, -0.1) is 11.3 Å². The zero-order valence-electron chi connectivity index (χ0n) is 12.0. The van der Waals surface area contributed by atoms with Gasteiger partial charge < -0.3 is 15.1 Å². The van der Waals surface area contributed by atoms with Crippen molar-refractivity contribution in [3.63, 3.8) is 0 Å². The normalized spacial score (nSPS) is 19.2. The summed E-state index contributed by atoms with van der Waals surface area (Å²) in [7, 11) is 0. The summed E-state index contributed by atoms with van der Waals surface area (Å²) >= 11 is 1.53. The van der Waals surface area contributed by atoms with Crippen LogP contribution in [0.25, 0.3) is 0 Å². The van der Waals surface area contributed by atoms with Crippen LogP contribution in [0.1, 0.15) is 24.3 Å². The van der Waals surface area contributed by atoms with Gasteiger partial charge in [0.25, 0.3) is 0 Å². The van der Waals surface area contributed by atoms with Crippen molar-refractivity contribution in [2.45, 2.75) is 25.8 Å². The number of aromatic nitrogens is 1. The Morgan fingerprint density at radius 3 is 2.71 bits per heavy atom. The summed E-state index contributed by atoms with van der Waals surface area (Å²) in [4.78, 5) is 32.1. The highest BCUT2D eigenvalue weighted by atomic mass is 32.1. The van der Waals surface area contributed by atoms with Crippen LogP contribution in [0.3, 0.4) is 0 Å². The van der Waals surface area contributed by atoms with Gasteiger partial charge in [0.2, 0.25) is 5.91 Å². The van der Waals surface area contributed by atoms with Gasteiger partial charge in [-0.05, 0) is 19.3 Å². The van der Waals surface area contributed by atoms with E-state index in [-0.39, 0.29) is 17.9 Å². The van der Waals surface area contributed by atoms with Crippen LogP contribution in [-0.4, -0.2) is 52.9 Å². The Labute approximate surface area is 128 Å². The minimum Gasteiger partial charge on any atom is -0.341 e. The zero-order chi connectivity index (χ0) is 14.7. The molecule has 0 aromatic carbocycles. The summed E-state index contributed by atoms with van der Waals surface area (Å²) in [6.45, 7) is 3.21. The molecule has 1 aromatic rings. The molecule has 1 aromatic heterocycles. The number of nitrogens with zero attached hydrogens (tertiary/aromatic N) is 3. The van der Waals surface area contributed by atoms with Gasteiger partial charge in [0.05, 0.1) is 6.54 Å². The fourth-order valence-electron chi connectivity index (χ4n) is 2.53. The van der Waals surface area contributed by atoms with E-state index in [0.29, 0.717) is 26.2 Å². The summed E-state index contributed by atoms with van der Waals surface area (Å²) in [5.74, 6) is 0.537. The monoisotopic (exact) mass is 308 g/mol. The molecule has 1 N–H and O–H groups in total. The van der Waals surface area contributed by atoms with Crippen molar-refractivity contribution < 1.29 is 9.59 Å². The first-order valence-electron chi connectivity index (χ1n) is 7.44. The average Bonchev–Trinajstić information content (AvgIpc) is 3.26. The van der Waals surface area contributed by atoms with E-state index in [9.17, 15) is 9.59 Å². The number of nitrogens with one attached hydrogen (secondary N) is 1. The smallest absolute Gasteiger partial charge is 0.317 e. The van der Waals surface area contributed by atoms with Crippen LogP contribution < -0.4 is 5.32 Å². The molecule has 6 nitrogen and oxygen atoms in total. The standard InChI is InChI=1S/C14H20N4O2S/c19-13(11-2-3-11)17-5-1-6-18(8-7-17)14(20)16-10-12-15-4-9-21-12/h4,9,11H,1-3,5-8,10H2,(H,16,20). The molecule has 1 aliphatic heterocycles. The van der Waals surface area contributed by atoms with Gasteiger partial charge in [-0.1, -0.05) is 0 Å². The van der Waals surface area contributed by atoms with E-state index < -0.39 is 0 Å². The Hall–Kier alpha value is -1.63. The average molecular weight is 308 g/mol. The molecule has 1 saturated heterocycles. The van der Waals surface area contributed by atoms with E-state index in [0.717, 1.165) is 30.8 Å². The number of carbonyl (C=O) groups excluding carboxylic acids is 2. The first kappa shape index (κ1) is 14.3. The van der Waals surface area contributed by atoms with Crippen LogP contribution >= 0.6 is 11.3 Å². The third-order valence-corrected chi connectivity index (χ3v) is 4.68. The Balaban J connectivity index is 1.47. The number of thiazole rings is 1.